The Balaban J connectivity index is 1.64. The molecule has 1 aliphatic heterocycles. The molecule has 0 aromatic carbocycles. The average Bonchev–Trinajstić information content (AvgIpc) is 3.14. The Labute approximate surface area is 110 Å². The molecule has 104 valence electrons. The van der Waals surface area contributed by atoms with Gasteiger partial charge in [-0.1, -0.05) is 12.8 Å². The van der Waals surface area contributed by atoms with Gasteiger partial charge < -0.3 is 15.0 Å². The minimum atomic E-state index is 0.127. The number of amides is 1. The van der Waals surface area contributed by atoms with Crippen LogP contribution >= 0.6 is 0 Å². The van der Waals surface area contributed by atoms with Crippen molar-refractivity contribution >= 4 is 5.91 Å². The second-order valence-electron chi connectivity index (χ2n) is 5.83. The lowest BCUT2D eigenvalue weighted by Gasteiger charge is -2.34. The predicted octanol–water partition coefficient (Wildman–Crippen LogP) is 1.40. The Morgan fingerprint density at radius 2 is 2.00 bits per heavy atom. The number of methoxy groups -OCH3 is 1. The molecule has 0 bridgehead atoms. The smallest absolute Gasteiger partial charge is 0.248 e. The number of likely N-dealkylation sites (tertiary alicyclic amines) is 1. The van der Waals surface area contributed by atoms with E-state index in [-0.39, 0.29) is 12.5 Å². The molecule has 2 aliphatic rings. The molecule has 1 amide bonds. The third kappa shape index (κ3) is 4.25. The van der Waals surface area contributed by atoms with Crippen molar-refractivity contribution in [1.29, 1.82) is 0 Å². The Kier molecular flexibility index (Phi) is 5.01. The summed E-state index contributed by atoms with van der Waals surface area (Å²) in [7, 11) is 1.58. The van der Waals surface area contributed by atoms with Crippen molar-refractivity contribution in [3.05, 3.63) is 0 Å². The van der Waals surface area contributed by atoms with Crippen molar-refractivity contribution in [2.45, 2.75) is 51.1 Å². The lowest BCUT2D eigenvalue weighted by molar-refractivity contribution is -0.136. The van der Waals surface area contributed by atoms with E-state index in [0.29, 0.717) is 12.1 Å². The summed E-state index contributed by atoms with van der Waals surface area (Å²) in [5, 5.41) is 3.71. The molecule has 0 radical (unpaired) electrons. The van der Waals surface area contributed by atoms with E-state index in [1.165, 1.54) is 19.3 Å². The molecule has 1 aliphatic carbocycles. The zero-order valence-electron chi connectivity index (χ0n) is 11.7. The standard InChI is InChI=1S/C14H26N2O2/c1-11(9-12-3-4-12)15-13-5-7-16(8-6-13)14(17)10-18-2/h11-13,15H,3-10H2,1-2H3. The molecule has 0 spiro atoms. The number of piperidine rings is 1. The maximum Gasteiger partial charge on any atom is 0.248 e. The van der Waals surface area contributed by atoms with Crippen molar-refractivity contribution in [3.8, 4) is 0 Å². The van der Waals surface area contributed by atoms with Gasteiger partial charge in [-0.25, -0.2) is 0 Å². The van der Waals surface area contributed by atoms with Crippen molar-refractivity contribution < 1.29 is 9.53 Å². The van der Waals surface area contributed by atoms with E-state index >= 15 is 0 Å². The molecule has 1 heterocycles. The van der Waals surface area contributed by atoms with Crippen LogP contribution in [0.1, 0.15) is 39.0 Å². The maximum absolute atomic E-state index is 11.7. The first-order valence-corrected chi connectivity index (χ1v) is 7.21. The largest absolute Gasteiger partial charge is 0.375 e. The summed E-state index contributed by atoms with van der Waals surface area (Å²) in [6, 6.07) is 1.22. The SMILES string of the molecule is COCC(=O)N1CCC(NC(C)CC2CC2)CC1. The van der Waals surface area contributed by atoms with Gasteiger partial charge >= 0.3 is 0 Å². The van der Waals surface area contributed by atoms with Crippen LogP contribution in [0.5, 0.6) is 0 Å². The molecule has 4 nitrogen and oxygen atoms in total. The summed E-state index contributed by atoms with van der Waals surface area (Å²) in [5.41, 5.74) is 0. The second kappa shape index (κ2) is 6.53. The van der Waals surface area contributed by atoms with Gasteiger partial charge in [0, 0.05) is 32.3 Å². The van der Waals surface area contributed by atoms with Gasteiger partial charge in [0.2, 0.25) is 5.91 Å². The predicted molar refractivity (Wildman–Crippen MR) is 71.4 cm³/mol. The number of hydrogen-bond acceptors (Lipinski definition) is 3. The number of carbonyl (C=O) groups excluding carboxylic acids is 1. The number of hydrogen-bond donors (Lipinski definition) is 1. The summed E-state index contributed by atoms with van der Waals surface area (Å²) in [6.45, 7) is 4.25. The van der Waals surface area contributed by atoms with E-state index in [9.17, 15) is 4.79 Å². The van der Waals surface area contributed by atoms with Crippen LogP contribution in [0, 0.1) is 5.92 Å². The van der Waals surface area contributed by atoms with Crippen LogP contribution in [0.25, 0.3) is 0 Å². The van der Waals surface area contributed by atoms with Gasteiger partial charge in [0.15, 0.2) is 0 Å². The van der Waals surface area contributed by atoms with E-state index in [2.05, 4.69) is 12.2 Å². The Morgan fingerprint density at radius 3 is 2.56 bits per heavy atom. The van der Waals surface area contributed by atoms with Crippen molar-refractivity contribution in [2.75, 3.05) is 26.8 Å². The Bertz CT molecular complexity index is 271. The second-order valence-corrected chi connectivity index (χ2v) is 5.83. The van der Waals surface area contributed by atoms with Crippen LogP contribution in [-0.2, 0) is 9.53 Å². The quantitative estimate of drug-likeness (QED) is 0.779. The van der Waals surface area contributed by atoms with E-state index in [0.717, 1.165) is 31.8 Å². The molecule has 18 heavy (non-hydrogen) atoms. The highest BCUT2D eigenvalue weighted by atomic mass is 16.5. The Morgan fingerprint density at radius 1 is 1.33 bits per heavy atom. The van der Waals surface area contributed by atoms with Crippen LogP contribution in [0.3, 0.4) is 0 Å². The highest BCUT2D eigenvalue weighted by Gasteiger charge is 2.26. The molecular formula is C14H26N2O2. The highest BCUT2D eigenvalue weighted by Crippen LogP contribution is 2.33. The molecule has 1 N–H and O–H groups in total. The summed E-state index contributed by atoms with van der Waals surface area (Å²) in [4.78, 5) is 13.6. The van der Waals surface area contributed by atoms with Crippen LogP contribution in [0.15, 0.2) is 0 Å². The van der Waals surface area contributed by atoms with Crippen molar-refractivity contribution in [1.82, 2.24) is 10.2 Å². The zero-order chi connectivity index (χ0) is 13.0. The molecule has 1 saturated carbocycles. The van der Waals surface area contributed by atoms with E-state index in [1.54, 1.807) is 7.11 Å². The third-order valence-corrected chi connectivity index (χ3v) is 4.02. The lowest BCUT2D eigenvalue weighted by Crippen LogP contribution is -2.48. The normalized spacial score (nSPS) is 23.1. The number of ether oxygens (including phenoxy) is 1. The number of rotatable bonds is 6. The maximum atomic E-state index is 11.7. The molecule has 1 atom stereocenters. The molecule has 4 heteroatoms. The summed E-state index contributed by atoms with van der Waals surface area (Å²) < 4.78 is 4.89. The van der Waals surface area contributed by atoms with E-state index in [1.807, 2.05) is 4.90 Å². The number of nitrogens with zero attached hydrogens (tertiary/aromatic N) is 1. The minimum absolute atomic E-state index is 0.127. The summed E-state index contributed by atoms with van der Waals surface area (Å²) >= 11 is 0. The first kappa shape index (κ1) is 13.8. The van der Waals surface area contributed by atoms with E-state index in [4.69, 9.17) is 4.74 Å². The van der Waals surface area contributed by atoms with Crippen LogP contribution in [-0.4, -0.2) is 49.7 Å². The van der Waals surface area contributed by atoms with Crippen molar-refractivity contribution in [2.24, 2.45) is 5.92 Å². The van der Waals surface area contributed by atoms with Crippen LogP contribution in [0.2, 0.25) is 0 Å². The number of nitrogens with one attached hydrogen (secondary N) is 1. The van der Waals surface area contributed by atoms with Crippen molar-refractivity contribution in [3.63, 3.8) is 0 Å². The monoisotopic (exact) mass is 254 g/mol. The van der Waals surface area contributed by atoms with Gasteiger partial charge in [0.25, 0.3) is 0 Å². The molecular weight excluding hydrogens is 228 g/mol. The van der Waals surface area contributed by atoms with E-state index < -0.39 is 0 Å². The fourth-order valence-corrected chi connectivity index (χ4v) is 2.83. The molecule has 0 aromatic rings. The summed E-state index contributed by atoms with van der Waals surface area (Å²) in [5.74, 6) is 1.11. The summed E-state index contributed by atoms with van der Waals surface area (Å²) in [6.07, 6.45) is 6.32. The number of carbonyl (C=O) groups is 1. The van der Waals surface area contributed by atoms with Gasteiger partial charge in [-0.05, 0) is 32.1 Å². The van der Waals surface area contributed by atoms with Gasteiger partial charge in [-0.2, -0.15) is 0 Å². The first-order valence-electron chi connectivity index (χ1n) is 7.21. The highest BCUT2D eigenvalue weighted by molar-refractivity contribution is 5.77. The minimum Gasteiger partial charge on any atom is -0.375 e. The van der Waals surface area contributed by atoms with Crippen LogP contribution < -0.4 is 5.32 Å². The Hall–Kier alpha value is -0.610. The van der Waals surface area contributed by atoms with Crippen LogP contribution in [0.4, 0.5) is 0 Å². The third-order valence-electron chi connectivity index (χ3n) is 4.02. The topological polar surface area (TPSA) is 41.6 Å². The molecule has 2 fully saturated rings. The molecule has 0 aromatic heterocycles. The van der Waals surface area contributed by atoms with Gasteiger partial charge in [0.05, 0.1) is 0 Å². The molecule has 1 unspecified atom stereocenters. The molecule has 1 saturated heterocycles. The van der Waals surface area contributed by atoms with Gasteiger partial charge in [-0.15, -0.1) is 0 Å². The fourth-order valence-electron chi connectivity index (χ4n) is 2.83. The fraction of sp³-hybridized carbons (Fsp3) is 0.929. The van der Waals surface area contributed by atoms with Gasteiger partial charge in [0.1, 0.15) is 6.61 Å². The van der Waals surface area contributed by atoms with Gasteiger partial charge in [-0.3, -0.25) is 4.79 Å². The lowest BCUT2D eigenvalue weighted by atomic mass is 10.0. The average molecular weight is 254 g/mol. The molecule has 2 rings (SSSR count). The first-order chi connectivity index (χ1) is 8.69. The zero-order valence-corrected chi connectivity index (χ0v) is 11.7.